The summed E-state index contributed by atoms with van der Waals surface area (Å²) in [5, 5.41) is 12.0. The van der Waals surface area contributed by atoms with Gasteiger partial charge in [-0.15, -0.1) is 11.3 Å². The first kappa shape index (κ1) is 9.21. The zero-order chi connectivity index (χ0) is 10.3. The summed E-state index contributed by atoms with van der Waals surface area (Å²) in [5.41, 5.74) is 2.36. The normalized spacial score (nSPS) is 10.7. The van der Waals surface area contributed by atoms with Crippen LogP contribution in [0.4, 0.5) is 0 Å². The summed E-state index contributed by atoms with van der Waals surface area (Å²) >= 11 is 1.66. The molecular weight excluding hydrogens is 196 g/mol. The van der Waals surface area contributed by atoms with Gasteiger partial charge >= 0.3 is 5.97 Å². The van der Waals surface area contributed by atoms with Gasteiger partial charge in [0.2, 0.25) is 0 Å². The first-order valence-corrected chi connectivity index (χ1v) is 5.20. The number of hydrogen-bond acceptors (Lipinski definition) is 2. The number of aryl methyl sites for hydroxylation is 1. The van der Waals surface area contributed by atoms with Gasteiger partial charge in [-0.3, -0.25) is 0 Å². The number of carboxylic acid groups (broad SMARTS) is 1. The highest BCUT2D eigenvalue weighted by Gasteiger charge is 2.12. The fraction of sp³-hybridized carbons (Fsp3) is 0.182. The van der Waals surface area contributed by atoms with Crippen molar-refractivity contribution in [3.8, 4) is 0 Å². The van der Waals surface area contributed by atoms with Crippen LogP contribution in [0.1, 0.15) is 21.5 Å². The molecule has 1 N–H and O–H groups in total. The van der Waals surface area contributed by atoms with E-state index in [0.717, 1.165) is 16.5 Å². The molecule has 0 bridgehead atoms. The number of rotatable bonds is 1. The van der Waals surface area contributed by atoms with Crippen molar-refractivity contribution >= 4 is 27.4 Å². The Morgan fingerprint density at radius 3 is 2.71 bits per heavy atom. The van der Waals surface area contributed by atoms with Crippen molar-refractivity contribution in [3.63, 3.8) is 0 Å². The number of carboxylic acids is 1. The Kier molecular flexibility index (Phi) is 2.04. The summed E-state index contributed by atoms with van der Waals surface area (Å²) < 4.78 is 1.19. The lowest BCUT2D eigenvalue weighted by atomic mass is 10.0. The highest BCUT2D eigenvalue weighted by Crippen LogP contribution is 2.29. The van der Waals surface area contributed by atoms with E-state index in [1.54, 1.807) is 17.4 Å². The summed E-state index contributed by atoms with van der Waals surface area (Å²) in [6.45, 7) is 3.83. The molecule has 72 valence electrons. The molecule has 0 atom stereocenters. The molecule has 1 aromatic carbocycles. The van der Waals surface area contributed by atoms with Crippen LogP contribution in [0.25, 0.3) is 10.1 Å². The minimum Gasteiger partial charge on any atom is -0.478 e. The van der Waals surface area contributed by atoms with E-state index in [0.29, 0.717) is 5.56 Å². The van der Waals surface area contributed by atoms with Crippen molar-refractivity contribution in [3.05, 3.63) is 34.2 Å². The Hall–Kier alpha value is -1.35. The lowest BCUT2D eigenvalue weighted by Gasteiger charge is -2.05. The molecule has 1 heterocycles. The minimum atomic E-state index is -0.848. The third-order valence-electron chi connectivity index (χ3n) is 2.53. The maximum absolute atomic E-state index is 10.9. The quantitative estimate of drug-likeness (QED) is 0.777. The molecule has 0 aliphatic carbocycles. The van der Waals surface area contributed by atoms with Gasteiger partial charge in [0.15, 0.2) is 0 Å². The van der Waals surface area contributed by atoms with Crippen LogP contribution in [0.2, 0.25) is 0 Å². The van der Waals surface area contributed by atoms with Gasteiger partial charge < -0.3 is 5.11 Å². The summed E-state index contributed by atoms with van der Waals surface area (Å²) in [6.07, 6.45) is 0. The number of thiophene rings is 1. The molecule has 0 unspecified atom stereocenters. The molecule has 1 aromatic heterocycles. The number of fused-ring (bicyclic) bond motifs is 1. The Labute approximate surface area is 85.8 Å². The van der Waals surface area contributed by atoms with Crippen molar-refractivity contribution in [2.24, 2.45) is 0 Å². The predicted octanol–water partition coefficient (Wildman–Crippen LogP) is 3.22. The largest absolute Gasteiger partial charge is 0.478 e. The lowest BCUT2D eigenvalue weighted by Crippen LogP contribution is -2.00. The molecule has 0 spiro atoms. The van der Waals surface area contributed by atoms with E-state index >= 15 is 0 Å². The second kappa shape index (κ2) is 3.10. The molecule has 0 saturated heterocycles. The van der Waals surface area contributed by atoms with Crippen LogP contribution < -0.4 is 0 Å². The van der Waals surface area contributed by atoms with Crippen LogP contribution in [0.3, 0.4) is 0 Å². The van der Waals surface area contributed by atoms with E-state index in [-0.39, 0.29) is 0 Å². The second-order valence-electron chi connectivity index (χ2n) is 3.32. The molecule has 2 rings (SSSR count). The van der Waals surface area contributed by atoms with Gasteiger partial charge in [0.05, 0.1) is 5.56 Å². The van der Waals surface area contributed by atoms with E-state index in [9.17, 15) is 4.79 Å². The fourth-order valence-corrected chi connectivity index (χ4v) is 2.54. The zero-order valence-corrected chi connectivity index (χ0v) is 8.81. The van der Waals surface area contributed by atoms with E-state index in [2.05, 4.69) is 0 Å². The summed E-state index contributed by atoms with van der Waals surface area (Å²) in [4.78, 5) is 10.9. The summed E-state index contributed by atoms with van der Waals surface area (Å²) in [6, 6.07) is 3.70. The van der Waals surface area contributed by atoms with E-state index in [4.69, 9.17) is 5.11 Å². The average Bonchev–Trinajstić information content (AvgIpc) is 2.58. The molecule has 0 radical (unpaired) electrons. The van der Waals surface area contributed by atoms with Crippen LogP contribution in [-0.4, -0.2) is 11.1 Å². The number of benzene rings is 1. The molecular formula is C11H10O2S. The van der Waals surface area contributed by atoms with Gasteiger partial charge in [0.1, 0.15) is 0 Å². The Balaban J connectivity index is 2.87. The van der Waals surface area contributed by atoms with Crippen molar-refractivity contribution in [1.82, 2.24) is 0 Å². The summed E-state index contributed by atoms with van der Waals surface area (Å²) in [7, 11) is 0. The maximum Gasteiger partial charge on any atom is 0.335 e. The van der Waals surface area contributed by atoms with Crippen LogP contribution in [0.15, 0.2) is 17.5 Å². The maximum atomic E-state index is 10.9. The molecule has 0 saturated carbocycles. The van der Waals surface area contributed by atoms with Gasteiger partial charge in [0, 0.05) is 4.70 Å². The molecule has 0 fully saturated rings. The van der Waals surface area contributed by atoms with Crippen molar-refractivity contribution < 1.29 is 9.90 Å². The van der Waals surface area contributed by atoms with E-state index in [1.165, 1.54) is 4.70 Å². The van der Waals surface area contributed by atoms with Crippen LogP contribution >= 0.6 is 11.3 Å². The van der Waals surface area contributed by atoms with Crippen LogP contribution in [0.5, 0.6) is 0 Å². The van der Waals surface area contributed by atoms with Gasteiger partial charge in [-0.05, 0) is 47.9 Å². The van der Waals surface area contributed by atoms with E-state index < -0.39 is 5.97 Å². The van der Waals surface area contributed by atoms with E-state index in [1.807, 2.05) is 25.3 Å². The highest BCUT2D eigenvalue weighted by molar-refractivity contribution is 7.17. The number of aromatic carboxylic acids is 1. The van der Waals surface area contributed by atoms with Crippen LogP contribution in [-0.2, 0) is 0 Å². The van der Waals surface area contributed by atoms with Gasteiger partial charge in [-0.2, -0.15) is 0 Å². The molecule has 3 heteroatoms. The second-order valence-corrected chi connectivity index (χ2v) is 4.23. The van der Waals surface area contributed by atoms with Crippen molar-refractivity contribution in [1.29, 1.82) is 0 Å². The Bertz CT molecular complexity index is 511. The molecule has 0 amide bonds. The van der Waals surface area contributed by atoms with Gasteiger partial charge in [-0.25, -0.2) is 4.79 Å². The fourth-order valence-electron chi connectivity index (χ4n) is 1.60. The monoisotopic (exact) mass is 206 g/mol. The Morgan fingerprint density at radius 2 is 2.07 bits per heavy atom. The SMILES string of the molecule is Cc1c(C(=O)O)cc2ccsc2c1C. The summed E-state index contributed by atoms with van der Waals surface area (Å²) in [5.74, 6) is -0.848. The van der Waals surface area contributed by atoms with Crippen LogP contribution in [0, 0.1) is 13.8 Å². The topological polar surface area (TPSA) is 37.3 Å². The standard InChI is InChI=1S/C11H10O2S/c1-6-7(2)10-8(3-4-14-10)5-9(6)11(12)13/h3-5H,1-2H3,(H,12,13). The molecule has 0 aliphatic heterocycles. The molecule has 2 nitrogen and oxygen atoms in total. The average molecular weight is 206 g/mol. The lowest BCUT2D eigenvalue weighted by molar-refractivity contribution is 0.0696. The number of hydrogen-bond donors (Lipinski definition) is 1. The molecule has 14 heavy (non-hydrogen) atoms. The van der Waals surface area contributed by atoms with Crippen molar-refractivity contribution in [2.45, 2.75) is 13.8 Å². The third kappa shape index (κ3) is 1.21. The number of carbonyl (C=O) groups is 1. The first-order valence-electron chi connectivity index (χ1n) is 4.32. The smallest absolute Gasteiger partial charge is 0.335 e. The van der Waals surface area contributed by atoms with Crippen molar-refractivity contribution in [2.75, 3.05) is 0 Å². The predicted molar refractivity (Wildman–Crippen MR) is 58.3 cm³/mol. The van der Waals surface area contributed by atoms with Gasteiger partial charge in [0.25, 0.3) is 0 Å². The molecule has 2 aromatic rings. The third-order valence-corrected chi connectivity index (χ3v) is 3.58. The first-order chi connectivity index (χ1) is 6.61. The minimum absolute atomic E-state index is 0.411. The molecule has 0 aliphatic rings. The zero-order valence-electron chi connectivity index (χ0n) is 8.00. The highest BCUT2D eigenvalue weighted by atomic mass is 32.1. The Morgan fingerprint density at radius 1 is 1.36 bits per heavy atom. The van der Waals surface area contributed by atoms with Gasteiger partial charge in [-0.1, -0.05) is 0 Å².